The Bertz CT molecular complexity index is 190. The molecule has 0 fully saturated rings. The van der Waals surface area contributed by atoms with Gasteiger partial charge in [0.05, 0.1) is 12.0 Å². The fourth-order valence-electron chi connectivity index (χ4n) is 1.18. The molecule has 0 aliphatic rings. The molecule has 0 aliphatic heterocycles. The number of amides is 1. The zero-order valence-corrected chi connectivity index (χ0v) is 10.9. The molecule has 0 aliphatic carbocycles. The topological polar surface area (TPSA) is 38.3 Å². The molecule has 15 heavy (non-hydrogen) atoms. The van der Waals surface area contributed by atoms with Gasteiger partial charge in [-0.1, -0.05) is 20.8 Å². The van der Waals surface area contributed by atoms with Crippen LogP contribution >= 0.6 is 11.6 Å². The first-order valence-corrected chi connectivity index (χ1v) is 5.68. The number of methoxy groups -OCH3 is 1. The van der Waals surface area contributed by atoms with Crippen LogP contribution in [0.5, 0.6) is 0 Å². The van der Waals surface area contributed by atoms with Crippen LogP contribution in [0.3, 0.4) is 0 Å². The standard InChI is InChI=1S/C11H22ClNO2/c1-11(2,3)7-10(14)13-6-5-9(12)8-15-4/h9H,5-8H2,1-4H3,(H,13,14). The molecule has 0 rings (SSSR count). The lowest BCUT2D eigenvalue weighted by molar-refractivity contribution is -0.122. The summed E-state index contributed by atoms with van der Waals surface area (Å²) in [5.74, 6) is 0.0868. The number of hydrogen-bond acceptors (Lipinski definition) is 2. The smallest absolute Gasteiger partial charge is 0.220 e. The Morgan fingerprint density at radius 1 is 1.47 bits per heavy atom. The molecular weight excluding hydrogens is 214 g/mol. The number of hydrogen-bond donors (Lipinski definition) is 1. The van der Waals surface area contributed by atoms with Crippen molar-refractivity contribution in [3.63, 3.8) is 0 Å². The normalized spacial score (nSPS) is 13.7. The van der Waals surface area contributed by atoms with Gasteiger partial charge in [-0.3, -0.25) is 4.79 Å². The molecule has 0 bridgehead atoms. The van der Waals surface area contributed by atoms with Gasteiger partial charge in [0.25, 0.3) is 0 Å². The number of halogens is 1. The van der Waals surface area contributed by atoms with Crippen LogP contribution in [0.25, 0.3) is 0 Å². The summed E-state index contributed by atoms with van der Waals surface area (Å²) in [4.78, 5) is 11.4. The van der Waals surface area contributed by atoms with Crippen molar-refractivity contribution in [2.45, 2.75) is 39.0 Å². The van der Waals surface area contributed by atoms with Gasteiger partial charge in [-0.25, -0.2) is 0 Å². The predicted octanol–water partition coefficient (Wildman–Crippen LogP) is 2.18. The molecule has 4 heteroatoms. The molecule has 0 aromatic heterocycles. The lowest BCUT2D eigenvalue weighted by atomic mass is 9.92. The van der Waals surface area contributed by atoms with E-state index in [4.69, 9.17) is 16.3 Å². The Morgan fingerprint density at radius 2 is 2.07 bits per heavy atom. The highest BCUT2D eigenvalue weighted by atomic mass is 35.5. The second kappa shape index (κ2) is 7.07. The second-order valence-electron chi connectivity index (χ2n) is 4.93. The Balaban J connectivity index is 3.55. The van der Waals surface area contributed by atoms with Crippen LogP contribution in [-0.4, -0.2) is 31.5 Å². The molecule has 90 valence electrons. The lowest BCUT2D eigenvalue weighted by Gasteiger charge is -2.17. The fraction of sp³-hybridized carbons (Fsp3) is 0.909. The van der Waals surface area contributed by atoms with Gasteiger partial charge in [0, 0.05) is 20.1 Å². The zero-order chi connectivity index (χ0) is 11.9. The molecule has 0 spiro atoms. The van der Waals surface area contributed by atoms with Gasteiger partial charge in [0.2, 0.25) is 5.91 Å². The van der Waals surface area contributed by atoms with E-state index in [1.54, 1.807) is 7.11 Å². The molecule has 1 unspecified atom stereocenters. The first kappa shape index (κ1) is 14.7. The molecule has 0 radical (unpaired) electrons. The minimum absolute atomic E-state index is 0.0232. The number of nitrogens with one attached hydrogen (secondary N) is 1. The van der Waals surface area contributed by atoms with Crippen molar-refractivity contribution in [1.29, 1.82) is 0 Å². The van der Waals surface area contributed by atoms with Gasteiger partial charge < -0.3 is 10.1 Å². The van der Waals surface area contributed by atoms with Crippen LogP contribution in [0.15, 0.2) is 0 Å². The summed E-state index contributed by atoms with van der Waals surface area (Å²) in [5, 5.41) is 2.83. The van der Waals surface area contributed by atoms with Crippen LogP contribution in [0.4, 0.5) is 0 Å². The van der Waals surface area contributed by atoms with E-state index in [0.29, 0.717) is 19.6 Å². The first-order valence-electron chi connectivity index (χ1n) is 5.25. The molecule has 1 atom stereocenters. The molecule has 0 saturated heterocycles. The SMILES string of the molecule is COCC(Cl)CCNC(=O)CC(C)(C)C. The summed E-state index contributed by atoms with van der Waals surface area (Å²) in [6.45, 7) is 7.27. The van der Waals surface area contributed by atoms with Crippen LogP contribution < -0.4 is 5.32 Å². The summed E-state index contributed by atoms with van der Waals surface area (Å²) in [7, 11) is 1.62. The predicted molar refractivity (Wildman–Crippen MR) is 63.2 cm³/mol. The van der Waals surface area contributed by atoms with Gasteiger partial charge in [-0.05, 0) is 11.8 Å². The Morgan fingerprint density at radius 3 is 2.53 bits per heavy atom. The van der Waals surface area contributed by atoms with E-state index >= 15 is 0 Å². The minimum atomic E-state index is -0.0232. The van der Waals surface area contributed by atoms with E-state index < -0.39 is 0 Å². The maximum Gasteiger partial charge on any atom is 0.220 e. The van der Waals surface area contributed by atoms with Crippen LogP contribution in [-0.2, 0) is 9.53 Å². The highest BCUT2D eigenvalue weighted by molar-refractivity contribution is 6.20. The van der Waals surface area contributed by atoms with Crippen molar-refractivity contribution in [3.8, 4) is 0 Å². The average molecular weight is 236 g/mol. The Hall–Kier alpha value is -0.280. The summed E-state index contributed by atoms with van der Waals surface area (Å²) in [5.41, 5.74) is 0.0387. The average Bonchev–Trinajstić information content (AvgIpc) is 2.00. The van der Waals surface area contributed by atoms with Crippen molar-refractivity contribution >= 4 is 17.5 Å². The maximum absolute atomic E-state index is 11.4. The van der Waals surface area contributed by atoms with Gasteiger partial charge >= 0.3 is 0 Å². The molecule has 3 nitrogen and oxygen atoms in total. The van der Waals surface area contributed by atoms with Crippen LogP contribution in [0, 0.1) is 5.41 Å². The third-order valence-corrected chi connectivity index (χ3v) is 2.16. The van der Waals surface area contributed by atoms with E-state index in [9.17, 15) is 4.79 Å². The lowest BCUT2D eigenvalue weighted by Crippen LogP contribution is -2.30. The quantitative estimate of drug-likeness (QED) is 0.717. The van der Waals surface area contributed by atoms with Crippen molar-refractivity contribution in [1.82, 2.24) is 5.32 Å². The number of carbonyl (C=O) groups excluding carboxylic acids is 1. The molecular formula is C11H22ClNO2. The van der Waals surface area contributed by atoms with Gasteiger partial charge in [-0.15, -0.1) is 11.6 Å². The van der Waals surface area contributed by atoms with E-state index in [0.717, 1.165) is 6.42 Å². The van der Waals surface area contributed by atoms with Crippen molar-refractivity contribution in [3.05, 3.63) is 0 Å². The highest BCUT2D eigenvalue weighted by Crippen LogP contribution is 2.17. The number of ether oxygens (including phenoxy) is 1. The third-order valence-electron chi connectivity index (χ3n) is 1.82. The zero-order valence-electron chi connectivity index (χ0n) is 10.1. The van der Waals surface area contributed by atoms with E-state index in [-0.39, 0.29) is 16.7 Å². The monoisotopic (exact) mass is 235 g/mol. The summed E-state index contributed by atoms with van der Waals surface area (Å²) in [6.07, 6.45) is 1.29. The molecule has 0 heterocycles. The van der Waals surface area contributed by atoms with Gasteiger partial charge in [0.1, 0.15) is 0 Å². The van der Waals surface area contributed by atoms with E-state index in [1.165, 1.54) is 0 Å². The molecule has 0 saturated carbocycles. The number of alkyl halides is 1. The largest absolute Gasteiger partial charge is 0.383 e. The molecule has 1 N–H and O–H groups in total. The van der Waals surface area contributed by atoms with E-state index in [1.807, 2.05) is 20.8 Å². The molecule has 0 aromatic carbocycles. The van der Waals surface area contributed by atoms with Crippen LogP contribution in [0.1, 0.15) is 33.6 Å². The van der Waals surface area contributed by atoms with Gasteiger partial charge in [-0.2, -0.15) is 0 Å². The second-order valence-corrected chi connectivity index (χ2v) is 5.55. The highest BCUT2D eigenvalue weighted by Gasteiger charge is 2.15. The van der Waals surface area contributed by atoms with Crippen molar-refractivity contribution < 1.29 is 9.53 Å². The maximum atomic E-state index is 11.4. The number of rotatable bonds is 6. The van der Waals surface area contributed by atoms with Crippen LogP contribution in [0.2, 0.25) is 0 Å². The Labute approximate surface area is 97.5 Å². The molecule has 0 aromatic rings. The fourth-order valence-corrected chi connectivity index (χ4v) is 1.41. The van der Waals surface area contributed by atoms with Crippen molar-refractivity contribution in [2.75, 3.05) is 20.3 Å². The Kier molecular flexibility index (Phi) is 6.94. The first-order chi connectivity index (χ1) is 6.85. The molecule has 1 amide bonds. The summed E-state index contributed by atoms with van der Waals surface area (Å²) >= 11 is 5.92. The van der Waals surface area contributed by atoms with Crippen molar-refractivity contribution in [2.24, 2.45) is 5.41 Å². The third kappa shape index (κ3) is 10.0. The summed E-state index contributed by atoms with van der Waals surface area (Å²) < 4.78 is 4.90. The van der Waals surface area contributed by atoms with Gasteiger partial charge in [0.15, 0.2) is 0 Å². The van der Waals surface area contributed by atoms with E-state index in [2.05, 4.69) is 5.32 Å². The minimum Gasteiger partial charge on any atom is -0.383 e. The summed E-state index contributed by atoms with van der Waals surface area (Å²) in [6, 6.07) is 0. The number of carbonyl (C=O) groups is 1.